The van der Waals surface area contributed by atoms with E-state index in [4.69, 9.17) is 7.98 Å². The van der Waals surface area contributed by atoms with Crippen LogP contribution in [0.25, 0.3) is 10.8 Å². The lowest BCUT2D eigenvalue weighted by atomic mass is 9.96. The van der Waals surface area contributed by atoms with Crippen LogP contribution in [0.2, 0.25) is 0 Å². The molecule has 5 nitrogen and oxygen atoms in total. The van der Waals surface area contributed by atoms with E-state index in [2.05, 4.69) is 27.3 Å². The Morgan fingerprint density at radius 1 is 1.04 bits per heavy atom. The highest BCUT2D eigenvalue weighted by Crippen LogP contribution is 2.42. The van der Waals surface area contributed by atoms with Gasteiger partial charge in [-0.1, -0.05) is 51.1 Å². The van der Waals surface area contributed by atoms with Gasteiger partial charge in [0.25, 0.3) is 0 Å². The fraction of sp³-hybridized carbons (Fsp3) is 0.273. The zero-order chi connectivity index (χ0) is 21.1. The zero-order valence-electron chi connectivity index (χ0n) is 17.3. The van der Waals surface area contributed by atoms with Crippen LogP contribution in [0.3, 0.4) is 0 Å². The molecule has 0 aromatic heterocycles. The fourth-order valence-corrected chi connectivity index (χ4v) is 2.90. The number of benzene rings is 3. The van der Waals surface area contributed by atoms with Crippen molar-refractivity contribution < 1.29 is 5.11 Å². The quantitative estimate of drug-likeness (QED) is 0.390. The summed E-state index contributed by atoms with van der Waals surface area (Å²) in [6, 6.07) is 15.3. The maximum atomic E-state index is 10.8. The largest absolute Gasteiger partial charge is 0.507 e. The predicted molar refractivity (Wildman–Crippen MR) is 121 cm³/mol. The lowest BCUT2D eigenvalue weighted by molar-refractivity contribution is 0.475. The van der Waals surface area contributed by atoms with Crippen molar-refractivity contribution in [2.45, 2.75) is 34.1 Å². The van der Waals surface area contributed by atoms with Crippen molar-refractivity contribution in [2.24, 2.45) is 16.0 Å². The maximum Gasteiger partial charge on any atom is 0.222 e. The lowest BCUT2D eigenvalue weighted by Crippen LogP contribution is -1.94. The summed E-state index contributed by atoms with van der Waals surface area (Å²) in [6.45, 7) is 8.02. The van der Waals surface area contributed by atoms with Crippen LogP contribution in [-0.4, -0.2) is 20.1 Å². The molecule has 0 saturated heterocycles. The van der Waals surface area contributed by atoms with Crippen molar-refractivity contribution in [3.63, 3.8) is 0 Å². The van der Waals surface area contributed by atoms with E-state index in [1.165, 1.54) is 7.05 Å². The number of anilines is 1. The van der Waals surface area contributed by atoms with Gasteiger partial charge in [0.05, 0.1) is 11.1 Å². The van der Waals surface area contributed by atoms with Gasteiger partial charge in [0.2, 0.25) is 7.98 Å². The molecule has 0 fully saturated rings. The predicted octanol–water partition coefficient (Wildman–Crippen LogP) is 5.93. The van der Waals surface area contributed by atoms with Gasteiger partial charge >= 0.3 is 0 Å². The molecule has 0 amide bonds. The minimum Gasteiger partial charge on any atom is -0.507 e. The van der Waals surface area contributed by atoms with E-state index >= 15 is 0 Å². The molecule has 0 aliphatic carbocycles. The van der Waals surface area contributed by atoms with Crippen molar-refractivity contribution in [1.29, 1.82) is 0 Å². The SMILES string of the molecule is CC.CN.[B]Nc1ccc2cc(C)c(CC)c(O)c2c1N=Nc1ccccc1. The monoisotopic (exact) mass is 376 g/mol. The van der Waals surface area contributed by atoms with E-state index in [-0.39, 0.29) is 5.75 Å². The van der Waals surface area contributed by atoms with Gasteiger partial charge in [-0.2, -0.15) is 5.11 Å². The number of nitrogens with one attached hydrogen (secondary N) is 1. The Kier molecular flexibility index (Phi) is 9.75. The molecule has 0 aliphatic rings. The molecule has 3 rings (SSSR count). The molecule has 0 spiro atoms. The number of rotatable bonds is 4. The van der Waals surface area contributed by atoms with E-state index in [1.807, 2.05) is 70.2 Å². The molecule has 4 N–H and O–H groups in total. The highest BCUT2D eigenvalue weighted by molar-refractivity contribution is 6.18. The number of nitrogens with zero attached hydrogens (tertiary/aromatic N) is 2. The van der Waals surface area contributed by atoms with Crippen molar-refractivity contribution in [2.75, 3.05) is 12.3 Å². The van der Waals surface area contributed by atoms with Gasteiger partial charge in [-0.15, -0.1) is 5.11 Å². The molecular weight excluding hydrogens is 347 g/mol. The maximum absolute atomic E-state index is 10.8. The summed E-state index contributed by atoms with van der Waals surface area (Å²) in [5.41, 5.74) is 8.35. The molecule has 0 aliphatic heterocycles. The molecule has 6 heteroatoms. The molecule has 0 atom stereocenters. The summed E-state index contributed by atoms with van der Waals surface area (Å²) in [5, 5.41) is 23.6. The van der Waals surface area contributed by atoms with Crippen LogP contribution >= 0.6 is 0 Å². The number of phenolic OH excluding ortho intramolecular Hbond substituents is 1. The Hall–Kier alpha value is -2.86. The summed E-state index contributed by atoms with van der Waals surface area (Å²) in [7, 11) is 7.13. The van der Waals surface area contributed by atoms with Gasteiger partial charge in [0, 0.05) is 5.69 Å². The number of phenols is 1. The van der Waals surface area contributed by atoms with Crippen LogP contribution in [0, 0.1) is 6.92 Å². The highest BCUT2D eigenvalue weighted by atomic mass is 16.3. The molecule has 28 heavy (non-hydrogen) atoms. The minimum absolute atomic E-state index is 0.242. The number of azo groups is 1. The Bertz CT molecular complexity index is 912. The normalized spacial score (nSPS) is 10.1. The second-order valence-corrected chi connectivity index (χ2v) is 5.61. The number of aryl methyl sites for hydroxylation is 1. The summed E-state index contributed by atoms with van der Waals surface area (Å²) in [5.74, 6) is 0.242. The fourth-order valence-electron chi connectivity index (χ4n) is 2.90. The van der Waals surface area contributed by atoms with E-state index in [1.54, 1.807) is 0 Å². The van der Waals surface area contributed by atoms with E-state index in [0.717, 1.165) is 28.6 Å². The smallest absolute Gasteiger partial charge is 0.222 e. The topological polar surface area (TPSA) is 83.0 Å². The van der Waals surface area contributed by atoms with Crippen LogP contribution in [0.1, 0.15) is 31.9 Å². The van der Waals surface area contributed by atoms with Gasteiger partial charge in [-0.05, 0) is 55.1 Å². The van der Waals surface area contributed by atoms with Crippen LogP contribution in [0.4, 0.5) is 17.1 Å². The first-order chi connectivity index (χ1) is 13.7. The summed E-state index contributed by atoms with van der Waals surface area (Å²) < 4.78 is 0. The second kappa shape index (κ2) is 11.8. The number of fused-ring (bicyclic) bond motifs is 1. The van der Waals surface area contributed by atoms with Gasteiger partial charge in [0.1, 0.15) is 11.4 Å². The second-order valence-electron chi connectivity index (χ2n) is 5.61. The standard InChI is InChI=1S/C19H18BN3O.C2H6.CH5N/c1-3-15-12(2)11-13-9-10-16(21-20)18(17(13)19(15)24)23-22-14-7-5-4-6-8-14;2*1-2/h4-11,21,24H,3H2,1-2H3;1-2H3;2H2,1H3. The Morgan fingerprint density at radius 3 is 2.25 bits per heavy atom. The van der Waals surface area contributed by atoms with E-state index in [0.29, 0.717) is 16.8 Å². The molecular formula is C22H29BN4O. The molecule has 2 radical (unpaired) electrons. The Labute approximate surface area is 169 Å². The third kappa shape index (κ3) is 5.11. The first kappa shape index (κ1) is 23.2. The van der Waals surface area contributed by atoms with Gasteiger partial charge in [0.15, 0.2) is 0 Å². The minimum atomic E-state index is 0.242. The van der Waals surface area contributed by atoms with Gasteiger partial charge in [-0.25, -0.2) is 0 Å². The lowest BCUT2D eigenvalue weighted by Gasteiger charge is -2.14. The van der Waals surface area contributed by atoms with E-state index in [9.17, 15) is 5.11 Å². The van der Waals surface area contributed by atoms with Gasteiger partial charge in [-0.3, -0.25) is 0 Å². The first-order valence-electron chi connectivity index (χ1n) is 9.45. The Morgan fingerprint density at radius 2 is 1.68 bits per heavy atom. The van der Waals surface area contributed by atoms with Crippen molar-refractivity contribution in [3.05, 3.63) is 59.7 Å². The number of aromatic hydroxyl groups is 1. The molecule has 3 aromatic rings. The van der Waals surface area contributed by atoms with Crippen LogP contribution in [-0.2, 0) is 6.42 Å². The molecule has 146 valence electrons. The molecule has 0 unspecified atom stereocenters. The third-order valence-corrected chi connectivity index (χ3v) is 4.11. The van der Waals surface area contributed by atoms with Crippen molar-refractivity contribution in [1.82, 2.24) is 0 Å². The number of hydrogen-bond donors (Lipinski definition) is 3. The molecule has 0 heterocycles. The highest BCUT2D eigenvalue weighted by Gasteiger charge is 2.15. The number of hydrogen-bond acceptors (Lipinski definition) is 5. The van der Waals surface area contributed by atoms with Gasteiger partial charge < -0.3 is 16.1 Å². The average Bonchev–Trinajstić information content (AvgIpc) is 2.75. The molecule has 0 saturated carbocycles. The van der Waals surface area contributed by atoms with Crippen LogP contribution < -0.4 is 11.0 Å². The van der Waals surface area contributed by atoms with Crippen molar-refractivity contribution in [3.8, 4) is 5.75 Å². The zero-order valence-corrected chi connectivity index (χ0v) is 17.3. The van der Waals surface area contributed by atoms with Crippen LogP contribution in [0.15, 0.2) is 58.8 Å². The summed E-state index contributed by atoms with van der Waals surface area (Å²) in [6.07, 6.45) is 0.739. The number of nitrogens with two attached hydrogens (primary N) is 1. The van der Waals surface area contributed by atoms with Crippen molar-refractivity contribution >= 4 is 35.8 Å². The summed E-state index contributed by atoms with van der Waals surface area (Å²) in [4.78, 5) is 0. The molecule has 3 aromatic carbocycles. The third-order valence-electron chi connectivity index (χ3n) is 4.11. The van der Waals surface area contributed by atoms with Crippen LogP contribution in [0.5, 0.6) is 5.75 Å². The molecule has 0 bridgehead atoms. The first-order valence-corrected chi connectivity index (χ1v) is 9.45. The Balaban J connectivity index is 0.000000921. The summed E-state index contributed by atoms with van der Waals surface area (Å²) >= 11 is 0. The van der Waals surface area contributed by atoms with E-state index < -0.39 is 0 Å². The average molecular weight is 376 g/mol.